The summed E-state index contributed by atoms with van der Waals surface area (Å²) in [6.07, 6.45) is 1.69. The highest BCUT2D eigenvalue weighted by Crippen LogP contribution is 2.16. The van der Waals surface area contributed by atoms with Crippen LogP contribution >= 0.6 is 11.8 Å². The maximum Gasteiger partial charge on any atom is 0.0861 e. The first-order chi connectivity index (χ1) is 7.10. The number of nitrogens with one attached hydrogen (secondary N) is 1. The van der Waals surface area contributed by atoms with E-state index in [-0.39, 0.29) is 6.61 Å². The van der Waals surface area contributed by atoms with Crippen molar-refractivity contribution in [2.24, 2.45) is 0 Å². The van der Waals surface area contributed by atoms with Gasteiger partial charge in [-0.3, -0.25) is 0 Å². The third-order valence-corrected chi connectivity index (χ3v) is 3.55. The summed E-state index contributed by atoms with van der Waals surface area (Å²) in [5, 5.41) is 21.8. The Kier molecular flexibility index (Phi) is 9.60. The highest BCUT2D eigenvalue weighted by atomic mass is 32.2. The van der Waals surface area contributed by atoms with Crippen molar-refractivity contribution in [2.45, 2.75) is 51.0 Å². The van der Waals surface area contributed by atoms with Gasteiger partial charge in [-0.2, -0.15) is 11.8 Å². The number of hydrogen-bond acceptors (Lipinski definition) is 4. The van der Waals surface area contributed by atoms with Crippen molar-refractivity contribution in [3.8, 4) is 0 Å². The monoisotopic (exact) mass is 235 g/mol. The van der Waals surface area contributed by atoms with Crippen LogP contribution in [0.5, 0.6) is 0 Å². The second-order valence-corrected chi connectivity index (χ2v) is 5.54. The zero-order valence-electron chi connectivity index (χ0n) is 10.1. The van der Waals surface area contributed by atoms with Crippen LogP contribution in [0.25, 0.3) is 0 Å². The molecule has 0 aliphatic rings. The Balaban J connectivity index is 3.50. The molecule has 0 radical (unpaired) electrons. The summed E-state index contributed by atoms with van der Waals surface area (Å²) < 4.78 is 0. The van der Waals surface area contributed by atoms with Gasteiger partial charge in [-0.15, -0.1) is 0 Å². The molecule has 0 amide bonds. The Labute approximate surface area is 97.7 Å². The molecule has 0 spiro atoms. The van der Waals surface area contributed by atoms with Gasteiger partial charge in [0.25, 0.3) is 0 Å². The highest BCUT2D eigenvalue weighted by Gasteiger charge is 2.10. The van der Waals surface area contributed by atoms with E-state index in [1.165, 1.54) is 0 Å². The summed E-state index contributed by atoms with van der Waals surface area (Å²) in [5.41, 5.74) is 0. The summed E-state index contributed by atoms with van der Waals surface area (Å²) in [4.78, 5) is 0. The fourth-order valence-electron chi connectivity index (χ4n) is 1.37. The Morgan fingerprint density at radius 2 is 2.00 bits per heavy atom. The van der Waals surface area contributed by atoms with Crippen molar-refractivity contribution >= 4 is 11.8 Å². The van der Waals surface area contributed by atoms with Crippen LogP contribution in [-0.4, -0.2) is 46.5 Å². The molecule has 0 rings (SSSR count). The van der Waals surface area contributed by atoms with Crippen LogP contribution in [0.15, 0.2) is 0 Å². The molecule has 3 atom stereocenters. The molecule has 4 heteroatoms. The van der Waals surface area contributed by atoms with Crippen LogP contribution in [0.1, 0.15) is 33.6 Å². The van der Waals surface area contributed by atoms with Crippen LogP contribution in [0.3, 0.4) is 0 Å². The van der Waals surface area contributed by atoms with Crippen molar-refractivity contribution in [1.82, 2.24) is 5.32 Å². The fourth-order valence-corrected chi connectivity index (χ4v) is 2.45. The number of rotatable bonds is 9. The molecule has 0 saturated carbocycles. The predicted octanol–water partition coefficient (Wildman–Crippen LogP) is 1.24. The lowest BCUT2D eigenvalue weighted by Crippen LogP contribution is -2.29. The minimum absolute atomic E-state index is 0.136. The smallest absolute Gasteiger partial charge is 0.0861 e. The van der Waals surface area contributed by atoms with Gasteiger partial charge < -0.3 is 15.5 Å². The molecular formula is C11H25NO2S. The molecule has 0 fully saturated rings. The lowest BCUT2D eigenvalue weighted by atomic mass is 10.2. The molecule has 92 valence electrons. The van der Waals surface area contributed by atoms with E-state index in [0.29, 0.717) is 17.0 Å². The van der Waals surface area contributed by atoms with Crippen LogP contribution in [0.2, 0.25) is 0 Å². The third kappa shape index (κ3) is 9.18. The molecule has 0 bridgehead atoms. The van der Waals surface area contributed by atoms with Gasteiger partial charge in [0.2, 0.25) is 0 Å². The zero-order valence-corrected chi connectivity index (χ0v) is 10.9. The van der Waals surface area contributed by atoms with Crippen molar-refractivity contribution in [1.29, 1.82) is 0 Å². The molecule has 0 aromatic carbocycles. The lowest BCUT2D eigenvalue weighted by Gasteiger charge is -2.19. The van der Waals surface area contributed by atoms with Gasteiger partial charge in [0.05, 0.1) is 12.7 Å². The molecule has 0 aliphatic carbocycles. The van der Waals surface area contributed by atoms with Gasteiger partial charge >= 0.3 is 0 Å². The van der Waals surface area contributed by atoms with Crippen molar-refractivity contribution in [3.63, 3.8) is 0 Å². The SMILES string of the molecule is CCCNC(C)CC(C)SCC(O)CO. The maximum atomic E-state index is 9.20. The van der Waals surface area contributed by atoms with Crippen LogP contribution < -0.4 is 5.32 Å². The van der Waals surface area contributed by atoms with E-state index >= 15 is 0 Å². The van der Waals surface area contributed by atoms with E-state index in [1.807, 2.05) is 0 Å². The average Bonchev–Trinajstić information content (AvgIpc) is 2.22. The second-order valence-electron chi connectivity index (χ2n) is 4.07. The molecule has 0 saturated heterocycles. The van der Waals surface area contributed by atoms with E-state index in [9.17, 15) is 5.11 Å². The van der Waals surface area contributed by atoms with Gasteiger partial charge in [0.15, 0.2) is 0 Å². The normalized spacial score (nSPS) is 17.4. The molecule has 3 N–H and O–H groups in total. The van der Waals surface area contributed by atoms with Crippen LogP contribution in [0, 0.1) is 0 Å². The van der Waals surface area contributed by atoms with Gasteiger partial charge in [0, 0.05) is 17.0 Å². The van der Waals surface area contributed by atoms with E-state index in [2.05, 4.69) is 26.1 Å². The second kappa shape index (κ2) is 9.46. The Morgan fingerprint density at radius 3 is 2.53 bits per heavy atom. The first-order valence-electron chi connectivity index (χ1n) is 5.74. The summed E-state index contributed by atoms with van der Waals surface area (Å²) >= 11 is 1.72. The van der Waals surface area contributed by atoms with Gasteiger partial charge in [-0.1, -0.05) is 13.8 Å². The Morgan fingerprint density at radius 1 is 1.33 bits per heavy atom. The van der Waals surface area contributed by atoms with Gasteiger partial charge in [-0.05, 0) is 26.3 Å². The molecule has 3 nitrogen and oxygen atoms in total. The topological polar surface area (TPSA) is 52.5 Å². The molecule has 0 aliphatic heterocycles. The molecule has 3 unspecified atom stereocenters. The minimum atomic E-state index is -0.573. The minimum Gasteiger partial charge on any atom is -0.394 e. The third-order valence-electron chi connectivity index (χ3n) is 2.21. The summed E-state index contributed by atoms with van der Waals surface area (Å²) in [7, 11) is 0. The Hall–Kier alpha value is 0.230. The standard InChI is InChI=1S/C11H25NO2S/c1-4-5-12-9(2)6-10(3)15-8-11(14)7-13/h9-14H,4-8H2,1-3H3. The zero-order chi connectivity index (χ0) is 11.7. The number of aliphatic hydroxyl groups excluding tert-OH is 2. The van der Waals surface area contributed by atoms with Crippen molar-refractivity contribution in [2.75, 3.05) is 18.9 Å². The van der Waals surface area contributed by atoms with E-state index in [1.54, 1.807) is 11.8 Å². The molecule has 0 aromatic heterocycles. The van der Waals surface area contributed by atoms with Gasteiger partial charge in [0.1, 0.15) is 0 Å². The summed E-state index contributed by atoms with van der Waals surface area (Å²) in [6.45, 7) is 7.45. The Bertz CT molecular complexity index is 147. The lowest BCUT2D eigenvalue weighted by molar-refractivity contribution is 0.113. The number of aliphatic hydroxyl groups is 2. The molecule has 15 heavy (non-hydrogen) atoms. The van der Waals surface area contributed by atoms with E-state index < -0.39 is 6.10 Å². The highest BCUT2D eigenvalue weighted by molar-refractivity contribution is 7.99. The summed E-state index contributed by atoms with van der Waals surface area (Å²) in [5.74, 6) is 0.623. The fraction of sp³-hybridized carbons (Fsp3) is 1.00. The van der Waals surface area contributed by atoms with E-state index in [4.69, 9.17) is 5.11 Å². The summed E-state index contributed by atoms with van der Waals surface area (Å²) in [6, 6.07) is 0.527. The largest absolute Gasteiger partial charge is 0.394 e. The average molecular weight is 235 g/mol. The first-order valence-corrected chi connectivity index (χ1v) is 6.78. The van der Waals surface area contributed by atoms with Crippen LogP contribution in [-0.2, 0) is 0 Å². The molecule has 0 heterocycles. The van der Waals surface area contributed by atoms with E-state index in [0.717, 1.165) is 19.4 Å². The number of thioether (sulfide) groups is 1. The molecule has 0 aromatic rings. The van der Waals surface area contributed by atoms with Gasteiger partial charge in [-0.25, -0.2) is 0 Å². The molecular weight excluding hydrogens is 210 g/mol. The predicted molar refractivity (Wildman–Crippen MR) is 67.4 cm³/mol. The maximum absolute atomic E-state index is 9.20. The van der Waals surface area contributed by atoms with Crippen LogP contribution in [0.4, 0.5) is 0 Å². The first kappa shape index (κ1) is 15.2. The number of hydrogen-bond donors (Lipinski definition) is 3. The van der Waals surface area contributed by atoms with Crippen molar-refractivity contribution in [3.05, 3.63) is 0 Å². The quantitative estimate of drug-likeness (QED) is 0.563. The van der Waals surface area contributed by atoms with Crippen molar-refractivity contribution < 1.29 is 10.2 Å².